The molecule has 24 heavy (non-hydrogen) atoms. The summed E-state index contributed by atoms with van der Waals surface area (Å²) in [5, 5.41) is 9.28. The van der Waals surface area contributed by atoms with E-state index in [4.69, 9.17) is 0 Å². The van der Waals surface area contributed by atoms with E-state index in [0.717, 1.165) is 32.1 Å². The maximum atomic E-state index is 12.1. The molecule has 0 heterocycles. The monoisotopic (exact) mass is 352 g/mol. The van der Waals surface area contributed by atoms with E-state index < -0.39 is 14.0 Å². The first-order chi connectivity index (χ1) is 11.1. The Morgan fingerprint density at radius 2 is 1.88 bits per heavy atom. The zero-order chi connectivity index (χ0) is 18.3. The summed E-state index contributed by atoms with van der Waals surface area (Å²) in [6.07, 6.45) is 6.59. The molecule has 1 aliphatic rings. The molecule has 1 saturated carbocycles. The van der Waals surface area contributed by atoms with E-state index in [-0.39, 0.29) is 12.3 Å². The summed E-state index contributed by atoms with van der Waals surface area (Å²) < 4.78 is 0. The highest BCUT2D eigenvalue weighted by molar-refractivity contribution is 6.81. The molecule has 0 amide bonds. The topological polar surface area (TPSA) is 54.4 Å². The van der Waals surface area contributed by atoms with Crippen molar-refractivity contribution in [2.24, 2.45) is 17.8 Å². The van der Waals surface area contributed by atoms with Crippen molar-refractivity contribution in [2.75, 3.05) is 0 Å². The van der Waals surface area contributed by atoms with Crippen molar-refractivity contribution in [3.8, 4) is 0 Å². The Balaban J connectivity index is 2.91. The van der Waals surface area contributed by atoms with Crippen LogP contribution in [0, 0.1) is 17.8 Å². The van der Waals surface area contributed by atoms with Gasteiger partial charge in [0.1, 0.15) is 5.78 Å². The van der Waals surface area contributed by atoms with Crippen LogP contribution in [0.3, 0.4) is 0 Å². The molecule has 1 rings (SSSR count). The fourth-order valence-corrected chi connectivity index (χ4v) is 5.34. The Kier molecular flexibility index (Phi) is 8.41. The number of hydrogen-bond donors (Lipinski definition) is 1. The van der Waals surface area contributed by atoms with Gasteiger partial charge in [0, 0.05) is 12.8 Å². The molecule has 4 heteroatoms. The first-order valence-corrected chi connectivity index (χ1v) is 13.2. The molecule has 0 bridgehead atoms. The summed E-state index contributed by atoms with van der Waals surface area (Å²) in [7, 11) is -1.43. The molecule has 1 fully saturated rings. The van der Waals surface area contributed by atoms with E-state index in [1.54, 1.807) is 0 Å². The third-order valence-corrected chi connectivity index (χ3v) is 6.32. The van der Waals surface area contributed by atoms with Gasteiger partial charge in [-0.05, 0) is 43.4 Å². The lowest BCUT2D eigenvalue weighted by Gasteiger charge is -2.38. The predicted molar refractivity (Wildman–Crippen MR) is 103 cm³/mol. The van der Waals surface area contributed by atoms with Crippen molar-refractivity contribution >= 4 is 19.8 Å². The fourth-order valence-electron chi connectivity index (χ4n) is 3.89. The highest BCUT2D eigenvalue weighted by atomic mass is 28.3. The van der Waals surface area contributed by atoms with Gasteiger partial charge in [0.2, 0.25) is 0 Å². The first kappa shape index (κ1) is 21.1. The summed E-state index contributed by atoms with van der Waals surface area (Å²) in [5.74, 6) is 0.781. The number of rotatable bonds is 9. The lowest BCUT2D eigenvalue weighted by Crippen LogP contribution is -2.31. The summed E-state index contributed by atoms with van der Waals surface area (Å²) >= 11 is 0. The van der Waals surface area contributed by atoms with Crippen LogP contribution in [-0.2, 0) is 9.59 Å². The van der Waals surface area contributed by atoms with E-state index in [1.807, 2.05) is 0 Å². The van der Waals surface area contributed by atoms with E-state index in [1.165, 1.54) is 5.57 Å². The number of hydrogen-bond acceptors (Lipinski definition) is 2. The number of carbonyl (C=O) groups excluding carboxylic acids is 1. The Labute approximate surface area is 148 Å². The second-order valence-electron chi connectivity index (χ2n) is 8.65. The standard InChI is InChI=1S/C20H36O3Si/c1-6-7-8-17(21)11-12-18-15(2)9-10-16(13-20(22)23)19(18)14-24(3,4)5/h14-16,18H,6-13H2,1-5H3,(H,22,23)/b19-14-/t15-,16+,18+/m1/s1. The Hall–Kier alpha value is -0.903. The molecule has 0 aromatic heterocycles. The van der Waals surface area contributed by atoms with E-state index >= 15 is 0 Å². The third kappa shape index (κ3) is 7.33. The minimum Gasteiger partial charge on any atom is -0.481 e. The predicted octanol–water partition coefficient (Wildman–Crippen LogP) is 5.47. The summed E-state index contributed by atoms with van der Waals surface area (Å²) in [6.45, 7) is 11.3. The van der Waals surface area contributed by atoms with Crippen molar-refractivity contribution in [1.82, 2.24) is 0 Å². The lowest BCUT2D eigenvalue weighted by molar-refractivity contribution is -0.138. The number of carboxylic acids is 1. The summed E-state index contributed by atoms with van der Waals surface area (Å²) in [5.41, 5.74) is 3.79. The van der Waals surface area contributed by atoms with Gasteiger partial charge in [-0.15, -0.1) is 0 Å². The number of Topliss-reactive ketones (excluding diaryl/α,β-unsaturated/α-hetero) is 1. The SMILES string of the molecule is CCCCC(=O)CC[C@@H]1/C(=C\[Si](C)(C)C)[C@H](CC(=O)O)CC[C@H]1C. The van der Waals surface area contributed by atoms with Crippen LogP contribution in [0.5, 0.6) is 0 Å². The molecule has 0 spiro atoms. The number of ketones is 1. The molecule has 3 nitrogen and oxygen atoms in total. The molecular weight excluding hydrogens is 316 g/mol. The summed E-state index contributed by atoms with van der Waals surface area (Å²) in [4.78, 5) is 23.4. The van der Waals surface area contributed by atoms with Crippen molar-refractivity contribution in [2.45, 2.75) is 84.9 Å². The molecule has 0 saturated heterocycles. The average Bonchev–Trinajstić information content (AvgIpc) is 2.45. The van der Waals surface area contributed by atoms with Crippen LogP contribution in [0.4, 0.5) is 0 Å². The third-order valence-electron chi connectivity index (χ3n) is 5.12. The van der Waals surface area contributed by atoms with Crippen LogP contribution < -0.4 is 0 Å². The van der Waals surface area contributed by atoms with E-state index in [0.29, 0.717) is 30.5 Å². The number of allylic oxidation sites excluding steroid dienone is 1. The van der Waals surface area contributed by atoms with Gasteiger partial charge in [-0.3, -0.25) is 9.59 Å². The minimum atomic E-state index is -1.43. The molecule has 1 N–H and O–H groups in total. The second-order valence-corrected chi connectivity index (χ2v) is 13.7. The molecule has 0 aromatic carbocycles. The van der Waals surface area contributed by atoms with Crippen molar-refractivity contribution in [3.05, 3.63) is 11.3 Å². The van der Waals surface area contributed by atoms with Crippen LogP contribution in [0.25, 0.3) is 0 Å². The van der Waals surface area contributed by atoms with Gasteiger partial charge < -0.3 is 5.11 Å². The normalized spacial score (nSPS) is 26.5. The molecule has 138 valence electrons. The van der Waals surface area contributed by atoms with E-state index in [2.05, 4.69) is 39.2 Å². The Morgan fingerprint density at radius 3 is 2.42 bits per heavy atom. The van der Waals surface area contributed by atoms with Gasteiger partial charge in [-0.2, -0.15) is 0 Å². The lowest BCUT2D eigenvalue weighted by atomic mass is 9.69. The zero-order valence-electron chi connectivity index (χ0n) is 16.2. The maximum Gasteiger partial charge on any atom is 0.303 e. The minimum absolute atomic E-state index is 0.168. The average molecular weight is 353 g/mol. The molecular formula is C20H36O3Si. The van der Waals surface area contributed by atoms with Crippen LogP contribution in [0.2, 0.25) is 19.6 Å². The number of aliphatic carboxylic acids is 1. The van der Waals surface area contributed by atoms with Crippen molar-refractivity contribution in [3.63, 3.8) is 0 Å². The van der Waals surface area contributed by atoms with Crippen LogP contribution in [-0.4, -0.2) is 24.9 Å². The quantitative estimate of drug-likeness (QED) is 0.560. The Morgan fingerprint density at radius 1 is 1.21 bits per heavy atom. The van der Waals surface area contributed by atoms with E-state index in [9.17, 15) is 14.7 Å². The number of carboxylic acid groups (broad SMARTS) is 1. The fraction of sp³-hybridized carbons (Fsp3) is 0.800. The van der Waals surface area contributed by atoms with Crippen molar-refractivity contribution < 1.29 is 14.7 Å². The van der Waals surface area contributed by atoms with Gasteiger partial charge in [-0.25, -0.2) is 0 Å². The van der Waals surface area contributed by atoms with Crippen LogP contribution in [0.15, 0.2) is 11.3 Å². The highest BCUT2D eigenvalue weighted by Crippen LogP contribution is 2.43. The Bertz CT molecular complexity index is 462. The van der Waals surface area contributed by atoms with Gasteiger partial charge in [-0.1, -0.05) is 51.2 Å². The van der Waals surface area contributed by atoms with Gasteiger partial charge >= 0.3 is 5.97 Å². The second kappa shape index (κ2) is 9.55. The van der Waals surface area contributed by atoms with Crippen LogP contribution in [0.1, 0.15) is 65.2 Å². The number of unbranched alkanes of at least 4 members (excludes halogenated alkanes) is 1. The van der Waals surface area contributed by atoms with Gasteiger partial charge in [0.15, 0.2) is 0 Å². The maximum absolute atomic E-state index is 12.1. The smallest absolute Gasteiger partial charge is 0.303 e. The first-order valence-electron chi connectivity index (χ1n) is 9.60. The molecule has 0 aliphatic heterocycles. The van der Waals surface area contributed by atoms with Gasteiger partial charge in [0.25, 0.3) is 0 Å². The molecule has 1 aliphatic carbocycles. The largest absolute Gasteiger partial charge is 0.481 e. The van der Waals surface area contributed by atoms with Gasteiger partial charge in [0.05, 0.1) is 14.5 Å². The highest BCUT2D eigenvalue weighted by Gasteiger charge is 2.34. The van der Waals surface area contributed by atoms with Crippen LogP contribution >= 0.6 is 0 Å². The molecule has 3 atom stereocenters. The number of carbonyl (C=O) groups is 2. The molecule has 0 unspecified atom stereocenters. The zero-order valence-corrected chi connectivity index (χ0v) is 17.2. The molecule has 0 radical (unpaired) electrons. The summed E-state index contributed by atoms with van der Waals surface area (Å²) in [6, 6.07) is 0. The van der Waals surface area contributed by atoms with Crippen molar-refractivity contribution in [1.29, 1.82) is 0 Å². The molecule has 0 aromatic rings.